The highest BCUT2D eigenvalue weighted by atomic mass is 19.1. The van der Waals surface area contributed by atoms with Gasteiger partial charge in [0.1, 0.15) is 29.7 Å². The van der Waals surface area contributed by atoms with E-state index in [0.717, 1.165) is 22.3 Å². The fourth-order valence-corrected chi connectivity index (χ4v) is 5.82. The summed E-state index contributed by atoms with van der Waals surface area (Å²) in [6, 6.07) is 9.69. The molecule has 1 aliphatic heterocycles. The minimum Gasteiger partial charge on any atom is -0.493 e. The van der Waals surface area contributed by atoms with E-state index in [1.54, 1.807) is 6.92 Å². The van der Waals surface area contributed by atoms with Crippen LogP contribution in [-0.4, -0.2) is 68.8 Å². The molecule has 0 fully saturated rings. The first-order valence-electron chi connectivity index (χ1n) is 14.8. The third-order valence-corrected chi connectivity index (χ3v) is 7.53. The van der Waals surface area contributed by atoms with Crippen LogP contribution in [0.2, 0.25) is 0 Å². The van der Waals surface area contributed by atoms with Crippen LogP contribution in [0.1, 0.15) is 69.7 Å². The van der Waals surface area contributed by atoms with Gasteiger partial charge in [-0.2, -0.15) is 0 Å². The molecule has 1 heterocycles. The number of hydrogen-bond donors (Lipinski definition) is 0. The fourth-order valence-electron chi connectivity index (χ4n) is 5.82. The van der Waals surface area contributed by atoms with E-state index in [1.165, 1.54) is 26.0 Å². The number of carbonyl (C=O) groups is 1. The summed E-state index contributed by atoms with van der Waals surface area (Å²) >= 11 is 0. The van der Waals surface area contributed by atoms with Gasteiger partial charge in [0, 0.05) is 56.5 Å². The Morgan fingerprint density at radius 3 is 2.38 bits per heavy atom. The lowest BCUT2D eigenvalue weighted by Crippen LogP contribution is -2.47. The average Bonchev–Trinajstić information content (AvgIpc) is 3.28. The fraction of sp³-hybridized carbons (Fsp3) is 0.545. The predicted octanol–water partition coefficient (Wildman–Crippen LogP) is 6.61. The van der Waals surface area contributed by atoms with Crippen LogP contribution in [0, 0.1) is 11.6 Å². The summed E-state index contributed by atoms with van der Waals surface area (Å²) < 4.78 is 67.7. The summed E-state index contributed by atoms with van der Waals surface area (Å²) in [5.41, 5.74) is 2.70. The number of esters is 1. The van der Waals surface area contributed by atoms with Gasteiger partial charge in [-0.05, 0) is 69.2 Å². The van der Waals surface area contributed by atoms with Gasteiger partial charge in [-0.15, -0.1) is 0 Å². The van der Waals surface area contributed by atoms with Crippen LogP contribution in [0.25, 0.3) is 5.57 Å². The molecule has 0 amide bonds. The van der Waals surface area contributed by atoms with Crippen molar-refractivity contribution in [2.24, 2.45) is 0 Å². The molecule has 42 heavy (non-hydrogen) atoms. The van der Waals surface area contributed by atoms with Gasteiger partial charge in [-0.1, -0.05) is 24.3 Å². The standard InChI is InChI=1S/C33H42F3NO5/c1-5-41-30(38)20-40-14-8-12-39-13-9-15-42-24-18-28(34)31(29(35)19-24)32-27-17-23-10-6-7-11-25(23)26(27)16-22(2)37(32)21-33(3,4)36/h6-7,10-11,18-19,22,32H,5,8-9,12-17,20-21H2,1-4H3/t22-,32+/m1/s1. The number of fused-ring (bicyclic) bond motifs is 2. The number of carbonyl (C=O) groups excluding carboxylic acids is 1. The molecule has 0 saturated heterocycles. The topological polar surface area (TPSA) is 57.2 Å². The number of benzene rings is 2. The lowest BCUT2D eigenvalue weighted by Gasteiger charge is -2.44. The molecular weight excluding hydrogens is 547 g/mol. The van der Waals surface area contributed by atoms with Crippen LogP contribution in [-0.2, 0) is 25.4 Å². The summed E-state index contributed by atoms with van der Waals surface area (Å²) in [7, 11) is 0. The van der Waals surface area contributed by atoms with E-state index in [1.807, 2.05) is 30.0 Å². The second-order valence-electron chi connectivity index (χ2n) is 11.5. The minimum absolute atomic E-state index is 0.0562. The summed E-state index contributed by atoms with van der Waals surface area (Å²) in [6.07, 6.45) is 2.44. The highest BCUT2D eigenvalue weighted by Crippen LogP contribution is 2.50. The first-order chi connectivity index (χ1) is 20.1. The van der Waals surface area contributed by atoms with Crippen molar-refractivity contribution in [2.45, 2.75) is 71.1 Å². The van der Waals surface area contributed by atoms with Crippen molar-refractivity contribution in [3.63, 3.8) is 0 Å². The number of halogens is 3. The van der Waals surface area contributed by atoms with Crippen molar-refractivity contribution in [2.75, 3.05) is 46.2 Å². The molecule has 1 aliphatic carbocycles. The van der Waals surface area contributed by atoms with Gasteiger partial charge in [0.25, 0.3) is 0 Å². The predicted molar refractivity (Wildman–Crippen MR) is 155 cm³/mol. The average molecular weight is 590 g/mol. The molecule has 9 heteroatoms. The van der Waals surface area contributed by atoms with Crippen LogP contribution in [0.15, 0.2) is 42.0 Å². The van der Waals surface area contributed by atoms with Crippen LogP contribution < -0.4 is 4.74 Å². The van der Waals surface area contributed by atoms with Gasteiger partial charge in [-0.25, -0.2) is 18.0 Å². The quantitative estimate of drug-likeness (QED) is 0.172. The van der Waals surface area contributed by atoms with E-state index < -0.39 is 29.3 Å². The van der Waals surface area contributed by atoms with Crippen LogP contribution in [0.5, 0.6) is 5.75 Å². The van der Waals surface area contributed by atoms with Crippen molar-refractivity contribution >= 4 is 11.5 Å². The minimum atomic E-state index is -1.54. The van der Waals surface area contributed by atoms with Gasteiger partial charge < -0.3 is 18.9 Å². The summed E-state index contributed by atoms with van der Waals surface area (Å²) in [5.74, 6) is -1.69. The maximum atomic E-state index is 15.8. The van der Waals surface area contributed by atoms with E-state index in [0.29, 0.717) is 52.1 Å². The highest BCUT2D eigenvalue weighted by Gasteiger charge is 2.42. The summed E-state index contributed by atoms with van der Waals surface area (Å²) in [5, 5.41) is 0. The van der Waals surface area contributed by atoms with Gasteiger partial charge in [-0.3, -0.25) is 4.90 Å². The largest absolute Gasteiger partial charge is 0.493 e. The summed E-state index contributed by atoms with van der Waals surface area (Å²) in [6.45, 7) is 8.50. The molecule has 6 nitrogen and oxygen atoms in total. The second-order valence-corrected chi connectivity index (χ2v) is 11.5. The van der Waals surface area contributed by atoms with Crippen molar-refractivity contribution in [1.29, 1.82) is 0 Å². The lowest BCUT2D eigenvalue weighted by molar-refractivity contribution is -0.148. The molecule has 2 aliphatic rings. The van der Waals surface area contributed by atoms with E-state index in [-0.39, 0.29) is 37.1 Å². The molecule has 230 valence electrons. The van der Waals surface area contributed by atoms with Gasteiger partial charge in [0.05, 0.1) is 19.3 Å². The van der Waals surface area contributed by atoms with E-state index in [4.69, 9.17) is 18.9 Å². The molecule has 0 unspecified atom stereocenters. The summed E-state index contributed by atoms with van der Waals surface area (Å²) in [4.78, 5) is 13.1. The van der Waals surface area contributed by atoms with Gasteiger partial charge in [0.2, 0.25) is 0 Å². The smallest absolute Gasteiger partial charge is 0.332 e. The Kier molecular flexibility index (Phi) is 11.1. The third kappa shape index (κ3) is 8.14. The zero-order chi connectivity index (χ0) is 30.3. The first-order valence-corrected chi connectivity index (χ1v) is 14.8. The Balaban J connectivity index is 1.37. The maximum absolute atomic E-state index is 15.8. The van der Waals surface area contributed by atoms with Gasteiger partial charge in [0.15, 0.2) is 0 Å². The first kappa shape index (κ1) is 32.0. The molecule has 2 aromatic carbocycles. The monoisotopic (exact) mass is 589 g/mol. The molecule has 0 aromatic heterocycles. The molecule has 2 aromatic rings. The number of hydrogen-bond acceptors (Lipinski definition) is 6. The van der Waals surface area contributed by atoms with E-state index in [2.05, 4.69) is 6.07 Å². The van der Waals surface area contributed by atoms with Crippen molar-refractivity contribution < 1.29 is 36.9 Å². The zero-order valence-electron chi connectivity index (χ0n) is 25.0. The Labute approximate surface area is 246 Å². The number of alkyl halides is 1. The molecule has 0 bridgehead atoms. The van der Waals surface area contributed by atoms with Crippen LogP contribution >= 0.6 is 0 Å². The normalized spacial score (nSPS) is 18.6. The number of ether oxygens (including phenoxy) is 4. The van der Waals surface area contributed by atoms with Crippen molar-refractivity contribution in [1.82, 2.24) is 4.90 Å². The van der Waals surface area contributed by atoms with Crippen LogP contribution in [0.4, 0.5) is 13.2 Å². The number of rotatable bonds is 15. The third-order valence-electron chi connectivity index (χ3n) is 7.53. The molecule has 0 spiro atoms. The Morgan fingerprint density at radius 2 is 1.69 bits per heavy atom. The molecule has 0 N–H and O–H groups in total. The van der Waals surface area contributed by atoms with E-state index in [9.17, 15) is 9.18 Å². The Hall–Kier alpha value is -2.88. The Bertz CT molecular complexity index is 1240. The molecule has 0 saturated carbocycles. The highest BCUT2D eigenvalue weighted by molar-refractivity contribution is 5.79. The Morgan fingerprint density at radius 1 is 1.02 bits per heavy atom. The molecule has 0 radical (unpaired) electrons. The molecular formula is C33H42F3NO5. The van der Waals surface area contributed by atoms with Crippen LogP contribution in [0.3, 0.4) is 0 Å². The molecule has 2 atom stereocenters. The van der Waals surface area contributed by atoms with Crippen molar-refractivity contribution in [3.05, 3.63) is 70.3 Å². The SMILES string of the molecule is CCOC(=O)COCCCOCCCOc1cc(F)c([C@@H]2C3=C(C[C@@H](C)N2CC(C)(C)F)c2ccccc2C3)c(F)c1. The van der Waals surface area contributed by atoms with Crippen molar-refractivity contribution in [3.8, 4) is 5.75 Å². The maximum Gasteiger partial charge on any atom is 0.332 e. The van der Waals surface area contributed by atoms with E-state index >= 15 is 8.78 Å². The zero-order valence-corrected chi connectivity index (χ0v) is 25.0. The molecule has 4 rings (SSSR count). The van der Waals surface area contributed by atoms with Gasteiger partial charge >= 0.3 is 5.97 Å². The lowest BCUT2D eigenvalue weighted by atomic mass is 9.84. The second kappa shape index (κ2) is 14.5. The number of nitrogens with zero attached hydrogens (tertiary/aromatic N) is 1.